The topological polar surface area (TPSA) is 43.2 Å². The number of hydrogen-bond donors (Lipinski definition) is 0. The maximum atomic E-state index is 6.22. The number of methoxy groups -OCH3 is 2. The largest absolute Gasteiger partial charge is 0.483 e. The van der Waals surface area contributed by atoms with Crippen LogP contribution in [0.2, 0.25) is 5.02 Å². The van der Waals surface area contributed by atoms with Crippen molar-refractivity contribution in [2.24, 2.45) is 9.98 Å². The van der Waals surface area contributed by atoms with E-state index in [4.69, 9.17) is 21.1 Å². The average molecular weight is 360 g/mol. The highest BCUT2D eigenvalue weighted by atomic mass is 79.9. The van der Waals surface area contributed by atoms with E-state index < -0.39 is 0 Å². The summed E-state index contributed by atoms with van der Waals surface area (Å²) in [6.07, 6.45) is 1.58. The Morgan fingerprint density at radius 3 is 2.80 bits per heavy atom. The Labute approximate surface area is 132 Å². The van der Waals surface area contributed by atoms with Crippen LogP contribution < -0.4 is 0 Å². The van der Waals surface area contributed by atoms with Gasteiger partial charge in [-0.05, 0) is 30.5 Å². The van der Waals surface area contributed by atoms with Gasteiger partial charge < -0.3 is 9.47 Å². The Morgan fingerprint density at radius 2 is 2.15 bits per heavy atom. The number of aryl methyl sites for hydroxylation is 1. The standard InChI is InChI=1S/C14H16BrClN2O2/c1-19-13-8-17-14(20-2)12(18-13)6-4-9-3-5-10(15)7-11(9)16/h3,5,7,12H,4,6,8H2,1-2H3. The molecule has 6 heteroatoms. The van der Waals surface area contributed by atoms with Gasteiger partial charge in [0.15, 0.2) is 0 Å². The second kappa shape index (κ2) is 7.09. The van der Waals surface area contributed by atoms with Crippen molar-refractivity contribution in [1.29, 1.82) is 0 Å². The summed E-state index contributed by atoms with van der Waals surface area (Å²) >= 11 is 9.62. The van der Waals surface area contributed by atoms with E-state index in [0.717, 1.165) is 27.9 Å². The third-order valence-electron chi connectivity index (χ3n) is 3.10. The Morgan fingerprint density at radius 1 is 1.35 bits per heavy atom. The molecule has 1 heterocycles. The van der Waals surface area contributed by atoms with Gasteiger partial charge in [0.25, 0.3) is 0 Å². The van der Waals surface area contributed by atoms with Crippen molar-refractivity contribution in [1.82, 2.24) is 0 Å². The van der Waals surface area contributed by atoms with Crippen molar-refractivity contribution >= 4 is 39.3 Å². The first-order valence-electron chi connectivity index (χ1n) is 6.27. The minimum Gasteiger partial charge on any atom is -0.483 e. The number of rotatable bonds is 3. The number of hydrogen-bond acceptors (Lipinski definition) is 4. The van der Waals surface area contributed by atoms with Crippen LogP contribution in [0, 0.1) is 0 Å². The van der Waals surface area contributed by atoms with Crippen LogP contribution in [0.4, 0.5) is 0 Å². The Balaban J connectivity index is 2.06. The van der Waals surface area contributed by atoms with E-state index in [2.05, 4.69) is 25.9 Å². The molecule has 20 heavy (non-hydrogen) atoms. The predicted octanol–water partition coefficient (Wildman–Crippen LogP) is 3.51. The minimum atomic E-state index is -0.108. The van der Waals surface area contributed by atoms with Crippen molar-refractivity contribution in [2.75, 3.05) is 20.8 Å². The lowest BCUT2D eigenvalue weighted by molar-refractivity contribution is 0.357. The number of benzene rings is 1. The molecule has 1 aromatic rings. The van der Waals surface area contributed by atoms with E-state index in [9.17, 15) is 0 Å². The molecule has 0 N–H and O–H groups in total. The molecular weight excluding hydrogens is 344 g/mol. The van der Waals surface area contributed by atoms with Crippen LogP contribution in [0.25, 0.3) is 0 Å². The fourth-order valence-corrected chi connectivity index (χ4v) is 2.81. The lowest BCUT2D eigenvalue weighted by atomic mass is 10.0. The summed E-state index contributed by atoms with van der Waals surface area (Å²) in [5.74, 6) is 1.29. The molecular formula is C14H16BrClN2O2. The van der Waals surface area contributed by atoms with Crippen LogP contribution in [0.5, 0.6) is 0 Å². The van der Waals surface area contributed by atoms with Gasteiger partial charge in [0.2, 0.25) is 11.8 Å². The monoisotopic (exact) mass is 358 g/mol. The SMILES string of the molecule is COC1=NC(CCc2ccc(Br)cc2Cl)C(OC)=NC1. The molecule has 1 unspecified atom stereocenters. The van der Waals surface area contributed by atoms with E-state index in [0.29, 0.717) is 18.3 Å². The Bertz CT molecular complexity index is 546. The minimum absolute atomic E-state index is 0.108. The number of ether oxygens (including phenoxy) is 2. The summed E-state index contributed by atoms with van der Waals surface area (Å²) in [6, 6.07) is 5.78. The predicted molar refractivity (Wildman–Crippen MR) is 85.0 cm³/mol. The zero-order valence-electron chi connectivity index (χ0n) is 11.4. The number of halogens is 2. The molecule has 0 radical (unpaired) electrons. The first-order chi connectivity index (χ1) is 9.63. The first kappa shape index (κ1) is 15.3. The van der Waals surface area contributed by atoms with Crippen LogP contribution in [0.15, 0.2) is 32.7 Å². The van der Waals surface area contributed by atoms with Gasteiger partial charge in [0.1, 0.15) is 12.6 Å². The molecule has 108 valence electrons. The molecule has 0 bridgehead atoms. The van der Waals surface area contributed by atoms with E-state index in [1.165, 1.54) is 0 Å². The van der Waals surface area contributed by atoms with Crippen molar-refractivity contribution in [3.05, 3.63) is 33.3 Å². The van der Waals surface area contributed by atoms with Crippen molar-refractivity contribution in [3.8, 4) is 0 Å². The highest BCUT2D eigenvalue weighted by Crippen LogP contribution is 2.23. The summed E-state index contributed by atoms with van der Waals surface area (Å²) in [7, 11) is 3.22. The lowest BCUT2D eigenvalue weighted by Gasteiger charge is -2.19. The molecule has 1 aromatic carbocycles. The molecule has 0 fully saturated rings. The smallest absolute Gasteiger partial charge is 0.209 e. The molecule has 0 amide bonds. The van der Waals surface area contributed by atoms with E-state index in [1.807, 2.05) is 18.2 Å². The number of aliphatic imine (C=N–C) groups is 2. The first-order valence-corrected chi connectivity index (χ1v) is 7.44. The molecule has 4 nitrogen and oxygen atoms in total. The normalized spacial score (nSPS) is 18.3. The molecule has 0 saturated carbocycles. The fraction of sp³-hybridized carbons (Fsp3) is 0.429. The lowest BCUT2D eigenvalue weighted by Crippen LogP contribution is -2.29. The van der Waals surface area contributed by atoms with Crippen LogP contribution in [0.1, 0.15) is 12.0 Å². The van der Waals surface area contributed by atoms with Gasteiger partial charge in [-0.2, -0.15) is 0 Å². The molecule has 1 atom stereocenters. The van der Waals surface area contributed by atoms with Crippen molar-refractivity contribution < 1.29 is 9.47 Å². The van der Waals surface area contributed by atoms with E-state index in [1.54, 1.807) is 14.2 Å². The van der Waals surface area contributed by atoms with Gasteiger partial charge in [-0.15, -0.1) is 0 Å². The summed E-state index contributed by atoms with van der Waals surface area (Å²) in [5.41, 5.74) is 1.09. The molecule has 0 aliphatic carbocycles. The van der Waals surface area contributed by atoms with E-state index >= 15 is 0 Å². The Kier molecular flexibility index (Phi) is 5.43. The van der Waals surface area contributed by atoms with Crippen LogP contribution in [-0.4, -0.2) is 38.6 Å². The average Bonchev–Trinajstić information content (AvgIpc) is 2.46. The van der Waals surface area contributed by atoms with Gasteiger partial charge in [-0.25, -0.2) is 9.98 Å². The molecule has 0 spiro atoms. The highest BCUT2D eigenvalue weighted by Gasteiger charge is 2.21. The van der Waals surface area contributed by atoms with E-state index in [-0.39, 0.29) is 6.04 Å². The van der Waals surface area contributed by atoms with Crippen LogP contribution >= 0.6 is 27.5 Å². The maximum Gasteiger partial charge on any atom is 0.209 e. The molecule has 1 aliphatic rings. The second-order valence-corrected chi connectivity index (χ2v) is 5.70. The quantitative estimate of drug-likeness (QED) is 0.829. The van der Waals surface area contributed by atoms with Crippen molar-refractivity contribution in [3.63, 3.8) is 0 Å². The molecule has 0 aromatic heterocycles. The maximum absolute atomic E-state index is 6.22. The molecule has 1 aliphatic heterocycles. The van der Waals surface area contributed by atoms with Crippen molar-refractivity contribution in [2.45, 2.75) is 18.9 Å². The zero-order chi connectivity index (χ0) is 14.5. The van der Waals surface area contributed by atoms with Crippen LogP contribution in [-0.2, 0) is 15.9 Å². The summed E-state index contributed by atoms with van der Waals surface area (Å²) in [6.45, 7) is 0.440. The third-order valence-corrected chi connectivity index (χ3v) is 3.95. The Hall–Kier alpha value is -1.07. The van der Waals surface area contributed by atoms with Gasteiger partial charge in [-0.3, -0.25) is 0 Å². The van der Waals surface area contributed by atoms with Gasteiger partial charge in [0.05, 0.1) is 14.2 Å². The second-order valence-electron chi connectivity index (χ2n) is 4.38. The fourth-order valence-electron chi connectivity index (χ4n) is 2.04. The summed E-state index contributed by atoms with van der Waals surface area (Å²) in [4.78, 5) is 8.83. The van der Waals surface area contributed by atoms with Gasteiger partial charge >= 0.3 is 0 Å². The van der Waals surface area contributed by atoms with Gasteiger partial charge in [-0.1, -0.05) is 33.6 Å². The van der Waals surface area contributed by atoms with Gasteiger partial charge in [0, 0.05) is 9.50 Å². The molecule has 2 rings (SSSR count). The summed E-state index contributed by atoms with van der Waals surface area (Å²) in [5, 5.41) is 0.752. The highest BCUT2D eigenvalue weighted by molar-refractivity contribution is 9.10. The third kappa shape index (κ3) is 3.73. The molecule has 0 saturated heterocycles. The zero-order valence-corrected chi connectivity index (χ0v) is 13.7. The summed E-state index contributed by atoms with van der Waals surface area (Å²) < 4.78 is 11.4. The number of nitrogens with zero attached hydrogens (tertiary/aromatic N) is 2. The van der Waals surface area contributed by atoms with Crippen LogP contribution in [0.3, 0.4) is 0 Å².